The summed E-state index contributed by atoms with van der Waals surface area (Å²) in [6.45, 7) is 4.31. The Morgan fingerprint density at radius 3 is 2.60 bits per heavy atom. The fourth-order valence-corrected chi connectivity index (χ4v) is 3.46. The number of benzene rings is 1. The zero-order chi connectivity index (χ0) is 18.4. The molecule has 1 aromatic rings. The van der Waals surface area contributed by atoms with Gasteiger partial charge in [0.1, 0.15) is 0 Å². The molecule has 1 aromatic carbocycles. The smallest absolute Gasteiger partial charge is 0.373 e. The molecule has 2 rings (SSSR count). The molecule has 5 nitrogen and oxygen atoms in total. The molecule has 0 amide bonds. The highest BCUT2D eigenvalue weighted by Crippen LogP contribution is 2.37. The topological polar surface area (TPSA) is 66.8 Å². The van der Waals surface area contributed by atoms with Crippen LogP contribution < -0.4 is 0 Å². The van der Waals surface area contributed by atoms with Crippen molar-refractivity contribution in [2.24, 2.45) is 5.41 Å². The minimum Gasteiger partial charge on any atom is -0.502 e. The molecule has 0 atom stereocenters. The lowest BCUT2D eigenvalue weighted by Crippen LogP contribution is -2.43. The third-order valence-corrected chi connectivity index (χ3v) is 5.21. The molecular weight excluding hydrogens is 342 g/mol. The molecule has 25 heavy (non-hydrogen) atoms. The number of allylic oxidation sites excluding steroid dienone is 1. The van der Waals surface area contributed by atoms with Gasteiger partial charge in [-0.3, -0.25) is 9.69 Å². The Balaban J connectivity index is 2.01. The molecule has 6 heteroatoms. The van der Waals surface area contributed by atoms with Gasteiger partial charge in [-0.2, -0.15) is 0 Å². The minimum absolute atomic E-state index is 0.208. The van der Waals surface area contributed by atoms with Crippen molar-refractivity contribution in [3.8, 4) is 0 Å². The standard InChI is InChI=1S/C19H24ClNO4/c1-3-19(17(23)12-16(22)18(24)25-2)7-9-21(10-8-19)13-14-5-4-6-15(20)11-14/h4-6,11-12,22H,3,7-10,13H2,1-2H3/b16-12-. The van der Waals surface area contributed by atoms with Gasteiger partial charge in [0, 0.05) is 23.1 Å². The van der Waals surface area contributed by atoms with E-state index in [0.717, 1.165) is 36.3 Å². The van der Waals surface area contributed by atoms with Crippen LogP contribution in [0.4, 0.5) is 0 Å². The molecule has 136 valence electrons. The first-order valence-electron chi connectivity index (χ1n) is 8.40. The average molecular weight is 366 g/mol. The van der Waals surface area contributed by atoms with Crippen LogP contribution in [0.2, 0.25) is 5.02 Å². The van der Waals surface area contributed by atoms with Gasteiger partial charge < -0.3 is 9.84 Å². The molecule has 0 aliphatic carbocycles. The predicted molar refractivity (Wildman–Crippen MR) is 96.4 cm³/mol. The zero-order valence-corrected chi connectivity index (χ0v) is 15.4. The van der Waals surface area contributed by atoms with E-state index in [1.807, 2.05) is 31.2 Å². The van der Waals surface area contributed by atoms with Crippen LogP contribution >= 0.6 is 11.6 Å². The molecule has 0 saturated carbocycles. The summed E-state index contributed by atoms with van der Waals surface area (Å²) in [6.07, 6.45) is 3.06. The molecule has 1 aliphatic rings. The van der Waals surface area contributed by atoms with E-state index in [9.17, 15) is 14.7 Å². The maximum Gasteiger partial charge on any atom is 0.373 e. The number of hydrogen-bond donors (Lipinski definition) is 1. The van der Waals surface area contributed by atoms with Gasteiger partial charge in [0.15, 0.2) is 5.78 Å². The van der Waals surface area contributed by atoms with Gasteiger partial charge in [-0.05, 0) is 50.0 Å². The number of hydrogen-bond acceptors (Lipinski definition) is 5. The lowest BCUT2D eigenvalue weighted by molar-refractivity contribution is -0.139. The van der Waals surface area contributed by atoms with Crippen molar-refractivity contribution in [3.63, 3.8) is 0 Å². The molecule has 0 radical (unpaired) electrons. The second-order valence-electron chi connectivity index (χ2n) is 6.43. The van der Waals surface area contributed by atoms with Crippen molar-refractivity contribution in [1.82, 2.24) is 4.90 Å². The van der Waals surface area contributed by atoms with Crippen LogP contribution in [0.15, 0.2) is 36.1 Å². The molecule has 0 unspecified atom stereocenters. The monoisotopic (exact) mass is 365 g/mol. The number of aliphatic hydroxyl groups is 1. The highest BCUT2D eigenvalue weighted by atomic mass is 35.5. The van der Waals surface area contributed by atoms with Crippen molar-refractivity contribution in [1.29, 1.82) is 0 Å². The van der Waals surface area contributed by atoms with E-state index >= 15 is 0 Å². The van der Waals surface area contributed by atoms with Crippen LogP contribution in [0.5, 0.6) is 0 Å². The lowest BCUT2D eigenvalue weighted by atomic mass is 9.72. The normalized spacial score (nSPS) is 18.0. The number of carbonyl (C=O) groups excluding carboxylic acids is 2. The Morgan fingerprint density at radius 1 is 1.36 bits per heavy atom. The summed E-state index contributed by atoms with van der Waals surface area (Å²) in [5.74, 6) is -1.74. The van der Waals surface area contributed by atoms with Gasteiger partial charge in [-0.25, -0.2) is 4.79 Å². The van der Waals surface area contributed by atoms with E-state index in [1.54, 1.807) is 0 Å². The van der Waals surface area contributed by atoms with Crippen molar-refractivity contribution in [2.45, 2.75) is 32.7 Å². The fraction of sp³-hybridized carbons (Fsp3) is 0.474. The summed E-state index contributed by atoms with van der Waals surface area (Å²) in [4.78, 5) is 26.2. The minimum atomic E-state index is -0.891. The van der Waals surface area contributed by atoms with Gasteiger partial charge >= 0.3 is 5.97 Å². The Hall–Kier alpha value is -1.85. The molecule has 1 saturated heterocycles. The number of halogens is 1. The summed E-state index contributed by atoms with van der Waals surface area (Å²) in [7, 11) is 1.17. The highest BCUT2D eigenvalue weighted by Gasteiger charge is 2.39. The molecule has 1 aliphatic heterocycles. The van der Waals surface area contributed by atoms with E-state index in [0.29, 0.717) is 19.3 Å². The molecule has 0 aromatic heterocycles. The number of ether oxygens (including phenoxy) is 1. The van der Waals surface area contributed by atoms with Crippen LogP contribution in [-0.4, -0.2) is 42.0 Å². The number of aliphatic hydroxyl groups excluding tert-OH is 1. The molecular formula is C19H24ClNO4. The van der Waals surface area contributed by atoms with Crippen molar-refractivity contribution < 1.29 is 19.4 Å². The molecule has 1 N–H and O–H groups in total. The van der Waals surface area contributed by atoms with E-state index in [4.69, 9.17) is 11.6 Å². The number of esters is 1. The summed E-state index contributed by atoms with van der Waals surface area (Å²) in [5, 5.41) is 10.4. The number of likely N-dealkylation sites (tertiary alicyclic amines) is 1. The maximum atomic E-state index is 12.6. The Morgan fingerprint density at radius 2 is 2.04 bits per heavy atom. The molecule has 1 heterocycles. The number of carbonyl (C=O) groups is 2. The number of rotatable bonds is 6. The largest absolute Gasteiger partial charge is 0.502 e. The van der Waals surface area contributed by atoms with E-state index in [1.165, 1.54) is 7.11 Å². The van der Waals surface area contributed by atoms with Crippen molar-refractivity contribution >= 4 is 23.4 Å². The fourth-order valence-electron chi connectivity index (χ4n) is 3.25. The first kappa shape index (κ1) is 19.5. The van der Waals surface area contributed by atoms with Crippen molar-refractivity contribution in [3.05, 3.63) is 46.7 Å². The Labute approximate surface area is 153 Å². The summed E-state index contributed by atoms with van der Waals surface area (Å²) in [6, 6.07) is 7.77. The maximum absolute atomic E-state index is 12.6. The van der Waals surface area contributed by atoms with Crippen LogP contribution in [0.3, 0.4) is 0 Å². The Bertz CT molecular complexity index is 663. The van der Waals surface area contributed by atoms with Gasteiger partial charge in [-0.1, -0.05) is 30.7 Å². The van der Waals surface area contributed by atoms with Gasteiger partial charge in [0.25, 0.3) is 0 Å². The summed E-state index contributed by atoms with van der Waals surface area (Å²) >= 11 is 6.03. The van der Waals surface area contributed by atoms with Gasteiger partial charge in [0.05, 0.1) is 7.11 Å². The first-order valence-corrected chi connectivity index (χ1v) is 8.78. The van der Waals surface area contributed by atoms with E-state index in [-0.39, 0.29) is 5.78 Å². The number of ketones is 1. The predicted octanol–water partition coefficient (Wildman–Crippen LogP) is 3.52. The SMILES string of the molecule is CCC1(C(=O)/C=C(\O)C(=O)OC)CCN(Cc2cccc(Cl)c2)CC1. The molecule has 0 bridgehead atoms. The lowest BCUT2D eigenvalue weighted by Gasteiger charge is -2.39. The van der Waals surface area contributed by atoms with E-state index < -0.39 is 17.1 Å². The van der Waals surface area contributed by atoms with Crippen LogP contribution in [0.25, 0.3) is 0 Å². The van der Waals surface area contributed by atoms with E-state index in [2.05, 4.69) is 9.64 Å². The van der Waals surface area contributed by atoms with Crippen LogP contribution in [0.1, 0.15) is 31.7 Å². The highest BCUT2D eigenvalue weighted by molar-refractivity contribution is 6.30. The molecule has 0 spiro atoms. The number of methoxy groups -OCH3 is 1. The first-order chi connectivity index (χ1) is 11.9. The Kier molecular flexibility index (Phi) is 6.62. The zero-order valence-electron chi connectivity index (χ0n) is 14.6. The third-order valence-electron chi connectivity index (χ3n) is 4.97. The summed E-state index contributed by atoms with van der Waals surface area (Å²) in [5.41, 5.74) is 0.610. The second kappa shape index (κ2) is 8.50. The van der Waals surface area contributed by atoms with Crippen molar-refractivity contribution in [2.75, 3.05) is 20.2 Å². The van der Waals surface area contributed by atoms with Crippen LogP contribution in [-0.2, 0) is 20.9 Å². The summed E-state index contributed by atoms with van der Waals surface area (Å²) < 4.78 is 4.43. The third kappa shape index (κ3) is 4.83. The number of nitrogens with zero attached hydrogens (tertiary/aromatic N) is 1. The second-order valence-corrected chi connectivity index (χ2v) is 6.86. The quantitative estimate of drug-likeness (QED) is 0.474. The molecule has 1 fully saturated rings. The van der Waals surface area contributed by atoms with Gasteiger partial charge in [0.2, 0.25) is 5.76 Å². The number of piperidine rings is 1. The average Bonchev–Trinajstić information content (AvgIpc) is 2.61. The van der Waals surface area contributed by atoms with Crippen LogP contribution in [0, 0.1) is 5.41 Å². The van der Waals surface area contributed by atoms with Gasteiger partial charge in [-0.15, -0.1) is 0 Å².